The Morgan fingerprint density at radius 2 is 1.95 bits per heavy atom. The minimum atomic E-state index is -0.0169. The summed E-state index contributed by atoms with van der Waals surface area (Å²) in [6.07, 6.45) is 0. The summed E-state index contributed by atoms with van der Waals surface area (Å²) < 4.78 is 11.8. The molecule has 0 amide bonds. The minimum Gasteiger partial charge on any atom is -0.496 e. The normalized spacial score (nSPS) is 10.0. The summed E-state index contributed by atoms with van der Waals surface area (Å²) in [7, 11) is 1.58. The highest BCUT2D eigenvalue weighted by molar-refractivity contribution is 9.10. The SMILES string of the molecule is COc1ccc(C#N)cc1COc1ccc(CO)cc1Br. The Balaban J connectivity index is 2.18. The van der Waals surface area contributed by atoms with Crippen molar-refractivity contribution >= 4 is 15.9 Å². The Morgan fingerprint density at radius 3 is 2.57 bits per heavy atom. The van der Waals surface area contributed by atoms with Crippen molar-refractivity contribution in [2.75, 3.05) is 7.11 Å². The first-order valence-electron chi connectivity index (χ1n) is 6.27. The van der Waals surface area contributed by atoms with E-state index in [1.807, 2.05) is 0 Å². The first kappa shape index (κ1) is 15.4. The fraction of sp³-hybridized carbons (Fsp3) is 0.188. The van der Waals surface area contributed by atoms with Crippen LogP contribution < -0.4 is 9.47 Å². The van der Waals surface area contributed by atoms with Gasteiger partial charge in [0, 0.05) is 5.56 Å². The van der Waals surface area contributed by atoms with E-state index in [1.165, 1.54) is 0 Å². The van der Waals surface area contributed by atoms with E-state index in [0.29, 0.717) is 17.1 Å². The Labute approximate surface area is 131 Å². The Bertz CT molecular complexity index is 680. The summed E-state index contributed by atoms with van der Waals surface area (Å²) in [5.41, 5.74) is 2.16. The molecular weight excluding hydrogens is 334 g/mol. The maximum absolute atomic E-state index is 9.08. The van der Waals surface area contributed by atoms with Gasteiger partial charge in [-0.3, -0.25) is 0 Å². The monoisotopic (exact) mass is 347 g/mol. The first-order valence-corrected chi connectivity index (χ1v) is 7.06. The number of nitriles is 1. The van der Waals surface area contributed by atoms with Gasteiger partial charge in [0.1, 0.15) is 18.1 Å². The van der Waals surface area contributed by atoms with E-state index in [0.717, 1.165) is 15.6 Å². The molecule has 0 saturated carbocycles. The van der Waals surface area contributed by atoms with Crippen molar-refractivity contribution < 1.29 is 14.6 Å². The van der Waals surface area contributed by atoms with Crippen LogP contribution in [0.15, 0.2) is 40.9 Å². The summed E-state index contributed by atoms with van der Waals surface area (Å²) in [4.78, 5) is 0. The summed E-state index contributed by atoms with van der Waals surface area (Å²) >= 11 is 3.41. The van der Waals surface area contributed by atoms with Crippen LogP contribution in [0.25, 0.3) is 0 Å². The molecule has 2 rings (SSSR count). The molecule has 0 heterocycles. The van der Waals surface area contributed by atoms with Crippen molar-refractivity contribution in [3.8, 4) is 17.6 Å². The maximum Gasteiger partial charge on any atom is 0.134 e. The van der Waals surface area contributed by atoms with E-state index < -0.39 is 0 Å². The number of hydrogen-bond acceptors (Lipinski definition) is 4. The number of aliphatic hydroxyl groups is 1. The van der Waals surface area contributed by atoms with Gasteiger partial charge in [-0.25, -0.2) is 0 Å². The Kier molecular flexibility index (Phi) is 5.20. The van der Waals surface area contributed by atoms with Crippen molar-refractivity contribution in [1.82, 2.24) is 0 Å². The molecule has 0 fully saturated rings. The molecule has 0 aliphatic heterocycles. The average molecular weight is 348 g/mol. The lowest BCUT2D eigenvalue weighted by Gasteiger charge is -2.12. The van der Waals surface area contributed by atoms with E-state index in [2.05, 4.69) is 22.0 Å². The topological polar surface area (TPSA) is 62.5 Å². The van der Waals surface area contributed by atoms with Gasteiger partial charge in [0.2, 0.25) is 0 Å². The van der Waals surface area contributed by atoms with Crippen molar-refractivity contribution in [2.24, 2.45) is 0 Å². The lowest BCUT2D eigenvalue weighted by Crippen LogP contribution is -2.00. The summed E-state index contributed by atoms with van der Waals surface area (Å²) in [6.45, 7) is 0.271. The third-order valence-electron chi connectivity index (χ3n) is 2.97. The molecule has 2 aromatic carbocycles. The van der Waals surface area contributed by atoms with Crippen LogP contribution in [0.2, 0.25) is 0 Å². The molecule has 1 N–H and O–H groups in total. The van der Waals surface area contributed by atoms with Gasteiger partial charge in [0.25, 0.3) is 0 Å². The second kappa shape index (κ2) is 7.11. The van der Waals surface area contributed by atoms with Crippen LogP contribution in [-0.2, 0) is 13.2 Å². The second-order valence-corrected chi connectivity index (χ2v) is 5.20. The largest absolute Gasteiger partial charge is 0.496 e. The van der Waals surface area contributed by atoms with Crippen molar-refractivity contribution in [3.63, 3.8) is 0 Å². The van der Waals surface area contributed by atoms with Gasteiger partial charge < -0.3 is 14.6 Å². The van der Waals surface area contributed by atoms with E-state index in [1.54, 1.807) is 43.5 Å². The molecule has 0 unspecified atom stereocenters. The van der Waals surface area contributed by atoms with E-state index in [9.17, 15) is 0 Å². The number of hydrogen-bond donors (Lipinski definition) is 1. The average Bonchev–Trinajstić information content (AvgIpc) is 2.53. The first-order chi connectivity index (χ1) is 10.2. The molecule has 4 nitrogen and oxygen atoms in total. The molecule has 0 bridgehead atoms. The molecule has 0 aromatic heterocycles. The number of benzene rings is 2. The number of rotatable bonds is 5. The van der Waals surface area contributed by atoms with Crippen molar-refractivity contribution in [1.29, 1.82) is 5.26 Å². The van der Waals surface area contributed by atoms with E-state index >= 15 is 0 Å². The van der Waals surface area contributed by atoms with Gasteiger partial charge in [0.05, 0.1) is 29.8 Å². The number of methoxy groups -OCH3 is 1. The molecule has 0 aliphatic rings. The zero-order valence-corrected chi connectivity index (χ0v) is 13.1. The quantitative estimate of drug-likeness (QED) is 0.900. The van der Waals surface area contributed by atoms with Crippen LogP contribution in [0.5, 0.6) is 11.5 Å². The summed E-state index contributed by atoms with van der Waals surface area (Å²) in [5.74, 6) is 1.34. The van der Waals surface area contributed by atoms with Crippen LogP contribution in [-0.4, -0.2) is 12.2 Å². The lowest BCUT2D eigenvalue weighted by atomic mass is 10.1. The van der Waals surface area contributed by atoms with Crippen molar-refractivity contribution in [2.45, 2.75) is 13.2 Å². The van der Waals surface area contributed by atoms with Gasteiger partial charge in [-0.05, 0) is 51.8 Å². The number of aliphatic hydroxyl groups excluding tert-OH is 1. The summed E-state index contributed by atoms with van der Waals surface area (Å²) in [5, 5.41) is 18.0. The molecule has 5 heteroatoms. The molecule has 21 heavy (non-hydrogen) atoms. The molecular formula is C16H14BrNO3. The highest BCUT2D eigenvalue weighted by atomic mass is 79.9. The zero-order chi connectivity index (χ0) is 15.2. The number of halogens is 1. The highest BCUT2D eigenvalue weighted by Crippen LogP contribution is 2.28. The fourth-order valence-corrected chi connectivity index (χ4v) is 2.42. The van der Waals surface area contributed by atoms with Crippen LogP contribution in [0.4, 0.5) is 0 Å². The smallest absolute Gasteiger partial charge is 0.134 e. The zero-order valence-electron chi connectivity index (χ0n) is 11.5. The molecule has 0 aliphatic carbocycles. The van der Waals surface area contributed by atoms with Gasteiger partial charge in [-0.1, -0.05) is 6.07 Å². The predicted octanol–water partition coefficient (Wildman–Crippen LogP) is 3.40. The van der Waals surface area contributed by atoms with E-state index in [4.69, 9.17) is 19.8 Å². The molecule has 0 saturated heterocycles. The van der Waals surface area contributed by atoms with Crippen LogP contribution in [0.3, 0.4) is 0 Å². The van der Waals surface area contributed by atoms with Gasteiger partial charge in [-0.2, -0.15) is 5.26 Å². The van der Waals surface area contributed by atoms with Crippen LogP contribution >= 0.6 is 15.9 Å². The molecule has 0 radical (unpaired) electrons. The molecule has 2 aromatic rings. The van der Waals surface area contributed by atoms with Gasteiger partial charge >= 0.3 is 0 Å². The Hall–Kier alpha value is -2.03. The predicted molar refractivity (Wildman–Crippen MR) is 82.1 cm³/mol. The van der Waals surface area contributed by atoms with Gasteiger partial charge in [-0.15, -0.1) is 0 Å². The highest BCUT2D eigenvalue weighted by Gasteiger charge is 2.08. The third-order valence-corrected chi connectivity index (χ3v) is 3.59. The maximum atomic E-state index is 9.08. The van der Waals surface area contributed by atoms with Crippen LogP contribution in [0.1, 0.15) is 16.7 Å². The molecule has 108 valence electrons. The van der Waals surface area contributed by atoms with E-state index in [-0.39, 0.29) is 13.2 Å². The Morgan fingerprint density at radius 1 is 1.19 bits per heavy atom. The van der Waals surface area contributed by atoms with Crippen molar-refractivity contribution in [3.05, 3.63) is 57.6 Å². The number of nitrogens with zero attached hydrogens (tertiary/aromatic N) is 1. The van der Waals surface area contributed by atoms with Gasteiger partial charge in [0.15, 0.2) is 0 Å². The number of ether oxygens (including phenoxy) is 2. The third kappa shape index (κ3) is 3.75. The second-order valence-electron chi connectivity index (χ2n) is 4.35. The molecule has 0 atom stereocenters. The lowest BCUT2D eigenvalue weighted by molar-refractivity contribution is 0.280. The van der Waals surface area contributed by atoms with Crippen LogP contribution in [0, 0.1) is 11.3 Å². The molecule has 0 spiro atoms. The minimum absolute atomic E-state index is 0.0169. The fourth-order valence-electron chi connectivity index (χ4n) is 1.88. The summed E-state index contributed by atoms with van der Waals surface area (Å²) in [6, 6.07) is 12.7. The standard InChI is InChI=1S/C16H14BrNO3/c1-20-15-4-2-11(8-18)6-13(15)10-21-16-5-3-12(9-19)7-14(16)17/h2-7,19H,9-10H2,1H3.